The third kappa shape index (κ3) is 4.84. The molecule has 0 amide bonds. The van der Waals surface area contributed by atoms with Crippen LogP contribution in [0.3, 0.4) is 0 Å². The third-order valence-electron chi connectivity index (χ3n) is 12.2. The first-order valence-corrected chi connectivity index (χ1v) is 20.3. The molecule has 60 heavy (non-hydrogen) atoms. The average molecular weight is 765 g/mol. The zero-order valence-corrected chi connectivity index (χ0v) is 32.2. The van der Waals surface area contributed by atoms with E-state index in [2.05, 4.69) is 187 Å². The van der Waals surface area contributed by atoms with E-state index in [1.165, 1.54) is 5.39 Å². The van der Waals surface area contributed by atoms with Gasteiger partial charge in [0.15, 0.2) is 11.6 Å². The van der Waals surface area contributed by atoms with Gasteiger partial charge in [-0.05, 0) is 62.3 Å². The largest absolute Gasteiger partial charge is 0.455 e. The van der Waals surface area contributed by atoms with Gasteiger partial charge in [0.25, 0.3) is 0 Å². The minimum absolute atomic E-state index is 0.547. The van der Waals surface area contributed by atoms with Gasteiger partial charge < -0.3 is 4.42 Å². The monoisotopic (exact) mass is 764 g/mol. The lowest BCUT2D eigenvalue weighted by molar-refractivity contribution is 0.672. The van der Waals surface area contributed by atoms with Crippen molar-refractivity contribution in [2.45, 2.75) is 0 Å². The summed E-state index contributed by atoms with van der Waals surface area (Å²) >= 11 is 0. The van der Waals surface area contributed by atoms with E-state index >= 15 is 0 Å². The Hall–Kier alpha value is -8.15. The van der Waals surface area contributed by atoms with Crippen LogP contribution >= 0.6 is 0 Å². The number of nitrogens with zero attached hydrogens (tertiary/aromatic N) is 4. The van der Waals surface area contributed by atoms with Gasteiger partial charge in [-0.15, -0.1) is 0 Å². The standard InChI is InChI=1S/C55H32N4O/c1-2-14-33(15-3-1)46-32-38(30-36-18-6-8-20-39(36)46)53-56-54(47-31-37-19-7-11-23-42(37)52-49(47)45-24-12-13-25-48(45)60-52)58-55(57-53)59-50-40-21-9-4-16-34(40)26-28-43(50)44-29-27-35-17-5-10-22-41(35)51(44)59/h1-32H. The Morgan fingerprint density at radius 1 is 0.350 bits per heavy atom. The second-order valence-electron chi connectivity index (χ2n) is 15.5. The molecule has 0 radical (unpaired) electrons. The number of furan rings is 1. The fourth-order valence-corrected chi connectivity index (χ4v) is 9.49. The van der Waals surface area contributed by atoms with Crippen LogP contribution in [0.25, 0.3) is 127 Å². The fourth-order valence-electron chi connectivity index (χ4n) is 9.49. The molecule has 0 saturated heterocycles. The van der Waals surface area contributed by atoms with Crippen LogP contribution in [0.5, 0.6) is 0 Å². The summed E-state index contributed by atoms with van der Waals surface area (Å²) in [5.41, 5.74) is 7.80. The molecule has 3 heterocycles. The molecule has 0 aliphatic carbocycles. The Morgan fingerprint density at radius 2 is 0.900 bits per heavy atom. The van der Waals surface area contributed by atoms with Gasteiger partial charge in [0.2, 0.25) is 5.95 Å². The smallest absolute Gasteiger partial charge is 0.238 e. The number of benzene rings is 10. The number of para-hydroxylation sites is 1. The third-order valence-corrected chi connectivity index (χ3v) is 12.2. The Morgan fingerprint density at radius 3 is 1.60 bits per heavy atom. The highest BCUT2D eigenvalue weighted by Gasteiger charge is 2.24. The molecular weight excluding hydrogens is 733 g/mol. The average Bonchev–Trinajstić information content (AvgIpc) is 3.88. The Labute approximate surface area is 343 Å². The van der Waals surface area contributed by atoms with Crippen molar-refractivity contribution in [3.63, 3.8) is 0 Å². The lowest BCUT2D eigenvalue weighted by Crippen LogP contribution is -2.07. The minimum Gasteiger partial charge on any atom is -0.455 e. The molecule has 0 bridgehead atoms. The van der Waals surface area contributed by atoms with Crippen molar-refractivity contribution in [3.05, 3.63) is 194 Å². The van der Waals surface area contributed by atoms with Crippen molar-refractivity contribution in [1.82, 2.24) is 19.5 Å². The van der Waals surface area contributed by atoms with Crippen molar-refractivity contribution in [3.8, 4) is 39.9 Å². The van der Waals surface area contributed by atoms with E-state index in [0.717, 1.165) is 104 Å². The Balaban J connectivity index is 1.21. The number of hydrogen-bond donors (Lipinski definition) is 0. The van der Waals surface area contributed by atoms with E-state index in [1.54, 1.807) is 0 Å². The normalized spacial score (nSPS) is 12.0. The summed E-state index contributed by atoms with van der Waals surface area (Å²) in [6, 6.07) is 68.5. The maximum atomic E-state index is 6.69. The molecule has 5 heteroatoms. The van der Waals surface area contributed by atoms with Crippen molar-refractivity contribution >= 4 is 86.8 Å². The highest BCUT2D eigenvalue weighted by Crippen LogP contribution is 2.43. The Bertz CT molecular complexity index is 3810. The van der Waals surface area contributed by atoms with Gasteiger partial charge in [-0.25, -0.2) is 4.98 Å². The predicted molar refractivity (Wildman–Crippen MR) is 248 cm³/mol. The van der Waals surface area contributed by atoms with Gasteiger partial charge in [-0.3, -0.25) is 4.57 Å². The van der Waals surface area contributed by atoms with Crippen LogP contribution in [0.15, 0.2) is 199 Å². The van der Waals surface area contributed by atoms with Crippen LogP contribution in [-0.2, 0) is 0 Å². The molecule has 0 atom stereocenters. The first kappa shape index (κ1) is 32.9. The van der Waals surface area contributed by atoms with Crippen LogP contribution < -0.4 is 0 Å². The first-order valence-electron chi connectivity index (χ1n) is 20.3. The van der Waals surface area contributed by atoms with Gasteiger partial charge in [-0.1, -0.05) is 170 Å². The van der Waals surface area contributed by atoms with E-state index in [4.69, 9.17) is 19.4 Å². The second kappa shape index (κ2) is 12.7. The molecule has 0 spiro atoms. The summed E-state index contributed by atoms with van der Waals surface area (Å²) in [6.07, 6.45) is 0. The van der Waals surface area contributed by atoms with Crippen molar-refractivity contribution < 1.29 is 4.42 Å². The summed E-state index contributed by atoms with van der Waals surface area (Å²) in [7, 11) is 0. The molecule has 0 saturated carbocycles. The maximum Gasteiger partial charge on any atom is 0.238 e. The zero-order valence-electron chi connectivity index (χ0n) is 32.2. The van der Waals surface area contributed by atoms with Crippen LogP contribution in [0.2, 0.25) is 0 Å². The molecule has 3 aromatic heterocycles. The maximum absolute atomic E-state index is 6.69. The summed E-state index contributed by atoms with van der Waals surface area (Å²) in [4.78, 5) is 16.6. The van der Waals surface area contributed by atoms with E-state index in [-0.39, 0.29) is 0 Å². The highest BCUT2D eigenvalue weighted by molar-refractivity contribution is 6.24. The fraction of sp³-hybridized carbons (Fsp3) is 0. The summed E-state index contributed by atoms with van der Waals surface area (Å²) < 4.78 is 8.98. The molecule has 0 fully saturated rings. The molecule has 13 aromatic rings. The summed E-state index contributed by atoms with van der Waals surface area (Å²) in [5, 5.41) is 13.2. The molecule has 0 aliphatic rings. The van der Waals surface area contributed by atoms with Crippen LogP contribution in [0.1, 0.15) is 0 Å². The van der Waals surface area contributed by atoms with E-state index < -0.39 is 0 Å². The lowest BCUT2D eigenvalue weighted by Gasteiger charge is -2.15. The molecule has 0 N–H and O–H groups in total. The number of fused-ring (bicyclic) bond motifs is 13. The molecule has 0 unspecified atom stereocenters. The number of aromatic nitrogens is 4. The quantitative estimate of drug-likeness (QED) is 0.179. The topological polar surface area (TPSA) is 56.7 Å². The Kier molecular flexibility index (Phi) is 6.95. The van der Waals surface area contributed by atoms with Crippen molar-refractivity contribution in [2.75, 3.05) is 0 Å². The molecule has 278 valence electrons. The van der Waals surface area contributed by atoms with Gasteiger partial charge in [0.05, 0.1) is 11.0 Å². The van der Waals surface area contributed by atoms with Crippen molar-refractivity contribution in [1.29, 1.82) is 0 Å². The lowest BCUT2D eigenvalue weighted by atomic mass is 9.95. The first-order chi connectivity index (χ1) is 29.7. The van der Waals surface area contributed by atoms with Gasteiger partial charge in [-0.2, -0.15) is 9.97 Å². The summed E-state index contributed by atoms with van der Waals surface area (Å²) in [6.45, 7) is 0. The summed E-state index contributed by atoms with van der Waals surface area (Å²) in [5.74, 6) is 1.70. The van der Waals surface area contributed by atoms with Gasteiger partial charge in [0, 0.05) is 48.8 Å². The number of rotatable bonds is 4. The molecule has 10 aromatic carbocycles. The molecule has 0 aliphatic heterocycles. The van der Waals surface area contributed by atoms with E-state index in [1.807, 2.05) is 12.1 Å². The minimum atomic E-state index is 0.547. The van der Waals surface area contributed by atoms with Gasteiger partial charge >= 0.3 is 0 Å². The molecule has 5 nitrogen and oxygen atoms in total. The SMILES string of the molecule is c1ccc(-c2cc(-c3nc(-c4cc5ccccc5c5oc6ccccc6c45)nc(-n4c5c6ccccc6ccc5c5ccc6ccccc6c54)n3)cc3ccccc23)cc1. The van der Waals surface area contributed by atoms with E-state index in [0.29, 0.717) is 17.6 Å². The zero-order chi connectivity index (χ0) is 39.3. The highest BCUT2D eigenvalue weighted by atomic mass is 16.3. The predicted octanol–water partition coefficient (Wildman–Crippen LogP) is 14.5. The second-order valence-corrected chi connectivity index (χ2v) is 15.5. The number of hydrogen-bond acceptors (Lipinski definition) is 4. The van der Waals surface area contributed by atoms with Crippen molar-refractivity contribution in [2.24, 2.45) is 0 Å². The van der Waals surface area contributed by atoms with Crippen LogP contribution in [-0.4, -0.2) is 19.5 Å². The molecule has 13 rings (SSSR count). The van der Waals surface area contributed by atoms with Gasteiger partial charge in [0.1, 0.15) is 11.2 Å². The molecular formula is C55H32N4O. The van der Waals surface area contributed by atoms with E-state index in [9.17, 15) is 0 Å². The van der Waals surface area contributed by atoms with Crippen LogP contribution in [0.4, 0.5) is 0 Å². The van der Waals surface area contributed by atoms with Crippen LogP contribution in [0, 0.1) is 0 Å².